The monoisotopic (exact) mass is 546 g/mol. The second-order valence-corrected chi connectivity index (χ2v) is 11.1. The van der Waals surface area contributed by atoms with E-state index in [-0.39, 0.29) is 10.6 Å². The van der Waals surface area contributed by atoms with Crippen LogP contribution in [0.15, 0.2) is 83.8 Å². The number of hydrogen-bond donors (Lipinski definition) is 1. The normalized spacial score (nSPS) is 16.7. The van der Waals surface area contributed by atoms with Crippen molar-refractivity contribution >= 4 is 21.6 Å². The molecule has 202 valence electrons. The van der Waals surface area contributed by atoms with Crippen LogP contribution in [0.2, 0.25) is 0 Å². The first-order valence-electron chi connectivity index (χ1n) is 12.3. The maximum absolute atomic E-state index is 13.6. The van der Waals surface area contributed by atoms with E-state index < -0.39 is 45.9 Å². The molecular formula is C28H29F3N2O4S. The molecule has 0 saturated heterocycles. The van der Waals surface area contributed by atoms with E-state index in [4.69, 9.17) is 4.74 Å². The van der Waals surface area contributed by atoms with Gasteiger partial charge in [-0.15, -0.1) is 0 Å². The van der Waals surface area contributed by atoms with Crippen LogP contribution < -0.4 is 14.4 Å². The van der Waals surface area contributed by atoms with Gasteiger partial charge in [-0.3, -0.25) is 9.10 Å². The van der Waals surface area contributed by atoms with Crippen molar-refractivity contribution in [2.75, 3.05) is 10.8 Å². The van der Waals surface area contributed by atoms with E-state index in [1.165, 1.54) is 30.3 Å². The number of ether oxygens (including phenoxy) is 1. The van der Waals surface area contributed by atoms with E-state index in [1.807, 2.05) is 38.1 Å². The van der Waals surface area contributed by atoms with Crippen molar-refractivity contribution < 1.29 is 31.1 Å². The minimum Gasteiger partial charge on any atom is -0.487 e. The number of amides is 1. The van der Waals surface area contributed by atoms with Gasteiger partial charge < -0.3 is 10.1 Å². The van der Waals surface area contributed by atoms with E-state index in [0.29, 0.717) is 29.3 Å². The average molecular weight is 547 g/mol. The van der Waals surface area contributed by atoms with Crippen LogP contribution in [0.3, 0.4) is 0 Å². The molecule has 38 heavy (non-hydrogen) atoms. The van der Waals surface area contributed by atoms with E-state index in [0.717, 1.165) is 23.8 Å². The van der Waals surface area contributed by atoms with Crippen LogP contribution >= 0.6 is 0 Å². The van der Waals surface area contributed by atoms with Crippen molar-refractivity contribution in [2.24, 2.45) is 0 Å². The molecule has 0 saturated carbocycles. The lowest BCUT2D eigenvalue weighted by Crippen LogP contribution is -2.47. The Hall–Kier alpha value is -3.53. The van der Waals surface area contributed by atoms with Crippen molar-refractivity contribution in [3.8, 4) is 5.75 Å². The molecule has 0 aliphatic carbocycles. The van der Waals surface area contributed by atoms with Crippen molar-refractivity contribution in [3.63, 3.8) is 0 Å². The first kappa shape index (κ1) is 27.5. The van der Waals surface area contributed by atoms with Gasteiger partial charge in [-0.1, -0.05) is 56.3 Å². The molecule has 1 amide bonds. The van der Waals surface area contributed by atoms with Crippen LogP contribution in [-0.2, 0) is 21.0 Å². The van der Waals surface area contributed by atoms with Crippen LogP contribution in [0.1, 0.15) is 50.3 Å². The lowest BCUT2D eigenvalue weighted by atomic mass is 9.83. The minimum atomic E-state index is -4.68. The summed E-state index contributed by atoms with van der Waals surface area (Å²) in [6.45, 7) is 3.29. The van der Waals surface area contributed by atoms with Crippen molar-refractivity contribution in [3.05, 3.63) is 90.0 Å². The highest BCUT2D eigenvalue weighted by Gasteiger charge is 2.39. The lowest BCUT2D eigenvalue weighted by Gasteiger charge is -2.41. The third kappa shape index (κ3) is 5.65. The summed E-state index contributed by atoms with van der Waals surface area (Å²) in [6, 6.07) is 18.1. The maximum atomic E-state index is 13.6. The molecule has 1 heterocycles. The number of alkyl halides is 3. The van der Waals surface area contributed by atoms with E-state index in [9.17, 15) is 26.4 Å². The Morgan fingerprint density at radius 1 is 1.00 bits per heavy atom. The summed E-state index contributed by atoms with van der Waals surface area (Å²) in [5.74, 6) is -0.0101. The number of halogens is 3. The third-order valence-electron chi connectivity index (χ3n) is 6.90. The largest absolute Gasteiger partial charge is 0.487 e. The van der Waals surface area contributed by atoms with E-state index in [1.54, 1.807) is 6.07 Å². The fourth-order valence-corrected chi connectivity index (χ4v) is 6.11. The number of hydrogen-bond acceptors (Lipinski definition) is 4. The van der Waals surface area contributed by atoms with E-state index in [2.05, 4.69) is 5.32 Å². The summed E-state index contributed by atoms with van der Waals surface area (Å²) < 4.78 is 74.4. The number of carbonyl (C=O) groups is 1. The van der Waals surface area contributed by atoms with Crippen LogP contribution in [-0.4, -0.2) is 26.5 Å². The first-order chi connectivity index (χ1) is 18.0. The Kier molecular flexibility index (Phi) is 7.73. The Morgan fingerprint density at radius 3 is 2.32 bits per heavy atom. The second kappa shape index (κ2) is 10.7. The van der Waals surface area contributed by atoms with Crippen LogP contribution in [0.25, 0.3) is 0 Å². The van der Waals surface area contributed by atoms with Gasteiger partial charge in [0.15, 0.2) is 0 Å². The molecule has 6 nitrogen and oxygen atoms in total. The van der Waals surface area contributed by atoms with Crippen LogP contribution in [0.4, 0.5) is 18.9 Å². The van der Waals surface area contributed by atoms with Crippen LogP contribution in [0, 0.1) is 0 Å². The summed E-state index contributed by atoms with van der Waals surface area (Å²) in [4.78, 5) is 13.2. The second-order valence-electron chi connectivity index (χ2n) is 9.23. The number of nitrogens with zero attached hydrogens (tertiary/aromatic N) is 1. The molecule has 0 fully saturated rings. The van der Waals surface area contributed by atoms with Gasteiger partial charge in [0, 0.05) is 12.0 Å². The zero-order valence-corrected chi connectivity index (χ0v) is 21.9. The lowest BCUT2D eigenvalue weighted by molar-refractivity contribution is -0.137. The number of anilines is 1. The Labute approximate surface area is 220 Å². The van der Waals surface area contributed by atoms with Gasteiger partial charge in [0.1, 0.15) is 17.9 Å². The van der Waals surface area contributed by atoms with Gasteiger partial charge in [-0.25, -0.2) is 8.42 Å². The molecule has 1 aliphatic rings. The summed E-state index contributed by atoms with van der Waals surface area (Å²) in [5.41, 5.74) is -1.03. The molecule has 0 aromatic heterocycles. The molecule has 3 aromatic rings. The number of rotatable bonds is 8. The number of carbonyl (C=O) groups excluding carboxylic acids is 1. The standard InChI is InChI=1S/C28H29F3N2O4S/c1-3-27(4-2)18-24(23-15-8-9-16-25(23)37-27)32-26(34)19-33(38(35,36)22-13-6-5-7-14-22)21-12-10-11-20(17-21)28(29,30)31/h5-17,24H,3-4,18-19H2,1-2H3,(H,32,34)/t24-/m0/s1. The number of nitrogens with one attached hydrogen (secondary N) is 1. The molecule has 0 bridgehead atoms. The molecule has 0 radical (unpaired) electrons. The smallest absolute Gasteiger partial charge is 0.416 e. The van der Waals surface area contributed by atoms with Crippen molar-refractivity contribution in [1.82, 2.24) is 5.32 Å². The molecule has 0 spiro atoms. The molecule has 0 unspecified atom stereocenters. The van der Waals surface area contributed by atoms with Crippen LogP contribution in [0.5, 0.6) is 5.75 Å². The quantitative estimate of drug-likeness (QED) is 0.371. The molecule has 4 rings (SSSR count). The highest BCUT2D eigenvalue weighted by Crippen LogP contribution is 2.42. The Balaban J connectivity index is 1.69. The zero-order valence-electron chi connectivity index (χ0n) is 21.0. The zero-order chi connectivity index (χ0) is 27.6. The van der Waals surface area contributed by atoms with Gasteiger partial charge >= 0.3 is 6.18 Å². The molecule has 1 N–H and O–H groups in total. The number of para-hydroxylation sites is 1. The summed E-state index contributed by atoms with van der Waals surface area (Å²) in [7, 11) is -4.36. The topological polar surface area (TPSA) is 75.7 Å². The molecule has 10 heteroatoms. The molecule has 1 aliphatic heterocycles. The van der Waals surface area contributed by atoms with E-state index >= 15 is 0 Å². The van der Waals surface area contributed by atoms with Crippen molar-refractivity contribution in [2.45, 2.75) is 55.8 Å². The SMILES string of the molecule is CCC1(CC)C[C@H](NC(=O)CN(c2cccc(C(F)(F)F)c2)S(=O)(=O)c2ccccc2)c2ccccc2O1. The maximum Gasteiger partial charge on any atom is 0.416 e. The minimum absolute atomic E-state index is 0.141. The molecule has 1 atom stereocenters. The Bertz CT molecular complexity index is 1390. The van der Waals surface area contributed by atoms with Gasteiger partial charge in [0.05, 0.1) is 22.2 Å². The number of benzene rings is 3. The first-order valence-corrected chi connectivity index (χ1v) is 13.8. The predicted octanol–water partition coefficient (Wildman–Crippen LogP) is 6.10. The average Bonchev–Trinajstić information content (AvgIpc) is 2.91. The number of fused-ring (bicyclic) bond motifs is 1. The van der Waals surface area contributed by atoms with Gasteiger partial charge in [0.2, 0.25) is 5.91 Å². The molecular weight excluding hydrogens is 517 g/mol. The van der Waals surface area contributed by atoms with Gasteiger partial charge in [-0.2, -0.15) is 13.2 Å². The van der Waals surface area contributed by atoms with Gasteiger partial charge in [0.25, 0.3) is 10.0 Å². The fourth-order valence-electron chi connectivity index (χ4n) is 4.67. The summed E-state index contributed by atoms with van der Waals surface area (Å²) in [6.07, 6.45) is -2.82. The van der Waals surface area contributed by atoms with Crippen molar-refractivity contribution in [1.29, 1.82) is 0 Å². The van der Waals surface area contributed by atoms with Gasteiger partial charge in [-0.05, 0) is 49.2 Å². The summed E-state index contributed by atoms with van der Waals surface area (Å²) in [5, 5.41) is 2.92. The predicted molar refractivity (Wildman–Crippen MR) is 138 cm³/mol. The highest BCUT2D eigenvalue weighted by atomic mass is 32.2. The summed E-state index contributed by atoms with van der Waals surface area (Å²) >= 11 is 0. The fraction of sp³-hybridized carbons (Fsp3) is 0.321. The number of sulfonamides is 1. The molecule has 3 aromatic carbocycles. The third-order valence-corrected chi connectivity index (χ3v) is 8.69. The Morgan fingerprint density at radius 2 is 1.66 bits per heavy atom. The highest BCUT2D eigenvalue weighted by molar-refractivity contribution is 7.92.